The lowest BCUT2D eigenvalue weighted by atomic mass is 10.2. The summed E-state index contributed by atoms with van der Waals surface area (Å²) in [6, 6.07) is 6.98. The first kappa shape index (κ1) is 12.9. The smallest absolute Gasteiger partial charge is 0.338 e. The molecule has 1 aromatic rings. The third-order valence-corrected chi connectivity index (χ3v) is 3.33. The summed E-state index contributed by atoms with van der Waals surface area (Å²) in [6.07, 6.45) is 2.59. The summed E-state index contributed by atoms with van der Waals surface area (Å²) in [4.78, 5) is 13.3. The largest absolute Gasteiger partial charge is 0.497 e. The molecule has 1 aliphatic rings. The summed E-state index contributed by atoms with van der Waals surface area (Å²) in [5.74, 6) is 0.490. The monoisotopic (exact) mass is 250 g/mol. The van der Waals surface area contributed by atoms with Gasteiger partial charge in [0.1, 0.15) is 18.9 Å². The van der Waals surface area contributed by atoms with Crippen LogP contribution in [0.3, 0.4) is 0 Å². The average molecular weight is 250 g/mol. The van der Waals surface area contributed by atoms with Crippen molar-refractivity contribution in [2.45, 2.75) is 12.8 Å². The Kier molecular flexibility index (Phi) is 4.59. The van der Waals surface area contributed by atoms with E-state index in [1.807, 2.05) is 0 Å². The number of carbonyl (C=O) groups is 1. The summed E-state index contributed by atoms with van der Waals surface area (Å²) in [6.45, 7) is 3.84. The van der Waals surface area contributed by atoms with E-state index in [0.717, 1.165) is 12.3 Å². The van der Waals surface area contributed by atoms with Crippen molar-refractivity contribution in [2.24, 2.45) is 0 Å². The predicted octanol–water partition coefficient (Wildman–Crippen LogP) is 0.531. The van der Waals surface area contributed by atoms with Gasteiger partial charge in [0.2, 0.25) is 0 Å². The molecule has 0 saturated carbocycles. The first-order chi connectivity index (χ1) is 8.79. The second-order valence-electron chi connectivity index (χ2n) is 4.57. The molecule has 0 spiro atoms. The van der Waals surface area contributed by atoms with Gasteiger partial charge in [0.05, 0.1) is 25.8 Å². The van der Waals surface area contributed by atoms with E-state index in [2.05, 4.69) is 0 Å². The molecule has 98 valence electrons. The maximum absolute atomic E-state index is 11.7. The van der Waals surface area contributed by atoms with E-state index >= 15 is 0 Å². The predicted molar refractivity (Wildman–Crippen MR) is 68.1 cm³/mol. The molecule has 18 heavy (non-hydrogen) atoms. The molecule has 0 radical (unpaired) electrons. The van der Waals surface area contributed by atoms with Crippen molar-refractivity contribution >= 4 is 5.97 Å². The van der Waals surface area contributed by atoms with Gasteiger partial charge in [-0.3, -0.25) is 0 Å². The van der Waals surface area contributed by atoms with Crippen LogP contribution in [-0.2, 0) is 4.74 Å². The molecule has 0 atom stereocenters. The number of likely N-dealkylation sites (tertiary alicyclic amines) is 1. The molecule has 0 aromatic heterocycles. The van der Waals surface area contributed by atoms with Crippen LogP contribution in [0.5, 0.6) is 5.75 Å². The highest BCUT2D eigenvalue weighted by Gasteiger charge is 2.15. The summed E-state index contributed by atoms with van der Waals surface area (Å²) in [5, 5.41) is 0. The minimum Gasteiger partial charge on any atom is -0.497 e. The summed E-state index contributed by atoms with van der Waals surface area (Å²) in [7, 11) is 1.60. The van der Waals surface area contributed by atoms with Gasteiger partial charge in [-0.15, -0.1) is 0 Å². The van der Waals surface area contributed by atoms with Crippen LogP contribution in [0.2, 0.25) is 0 Å². The zero-order chi connectivity index (χ0) is 12.8. The third kappa shape index (κ3) is 3.47. The molecular weight excluding hydrogens is 230 g/mol. The summed E-state index contributed by atoms with van der Waals surface area (Å²) in [5.41, 5.74) is 0.576. The van der Waals surface area contributed by atoms with Crippen molar-refractivity contribution in [3.63, 3.8) is 0 Å². The van der Waals surface area contributed by atoms with Crippen molar-refractivity contribution in [3.05, 3.63) is 29.8 Å². The maximum Gasteiger partial charge on any atom is 0.338 e. The molecular formula is C14H20NO3+. The highest BCUT2D eigenvalue weighted by atomic mass is 16.5. The van der Waals surface area contributed by atoms with Gasteiger partial charge in [-0.2, -0.15) is 0 Å². The SMILES string of the molecule is COc1ccc(C(=O)OCC[NH+]2CCCC2)cc1. The molecule has 1 aromatic carbocycles. The summed E-state index contributed by atoms with van der Waals surface area (Å²) < 4.78 is 10.3. The minimum atomic E-state index is -0.253. The van der Waals surface area contributed by atoms with Gasteiger partial charge in [0.15, 0.2) is 0 Å². The normalized spacial score (nSPS) is 15.6. The van der Waals surface area contributed by atoms with Crippen molar-refractivity contribution < 1.29 is 19.2 Å². The Morgan fingerprint density at radius 3 is 2.50 bits per heavy atom. The fourth-order valence-corrected chi connectivity index (χ4v) is 2.22. The minimum absolute atomic E-state index is 0.253. The molecule has 4 heteroatoms. The van der Waals surface area contributed by atoms with E-state index < -0.39 is 0 Å². The van der Waals surface area contributed by atoms with Gasteiger partial charge in [-0.25, -0.2) is 4.79 Å². The molecule has 0 unspecified atom stereocenters. The van der Waals surface area contributed by atoms with Gasteiger partial charge in [0, 0.05) is 12.8 Å². The Morgan fingerprint density at radius 2 is 1.89 bits per heavy atom. The maximum atomic E-state index is 11.7. The fraction of sp³-hybridized carbons (Fsp3) is 0.500. The molecule has 4 nitrogen and oxygen atoms in total. The van der Waals surface area contributed by atoms with Crippen LogP contribution in [0.4, 0.5) is 0 Å². The molecule has 1 aliphatic heterocycles. The van der Waals surface area contributed by atoms with Gasteiger partial charge >= 0.3 is 5.97 Å². The van der Waals surface area contributed by atoms with Crippen molar-refractivity contribution in [3.8, 4) is 5.75 Å². The first-order valence-electron chi connectivity index (χ1n) is 6.44. The van der Waals surface area contributed by atoms with E-state index in [1.165, 1.54) is 30.8 Å². The third-order valence-electron chi connectivity index (χ3n) is 3.33. The lowest BCUT2D eigenvalue weighted by Crippen LogP contribution is -3.10. The van der Waals surface area contributed by atoms with E-state index in [9.17, 15) is 4.79 Å². The van der Waals surface area contributed by atoms with Crippen molar-refractivity contribution in [2.75, 3.05) is 33.4 Å². The van der Waals surface area contributed by atoms with E-state index in [4.69, 9.17) is 9.47 Å². The number of hydrogen-bond donors (Lipinski definition) is 1. The Morgan fingerprint density at radius 1 is 1.22 bits per heavy atom. The van der Waals surface area contributed by atoms with Crippen LogP contribution in [-0.4, -0.2) is 39.3 Å². The lowest BCUT2D eigenvalue weighted by molar-refractivity contribution is -0.887. The van der Waals surface area contributed by atoms with Gasteiger partial charge in [-0.1, -0.05) is 0 Å². The van der Waals surface area contributed by atoms with Gasteiger partial charge in [-0.05, 0) is 24.3 Å². The highest BCUT2D eigenvalue weighted by molar-refractivity contribution is 5.89. The van der Waals surface area contributed by atoms with Crippen LogP contribution in [0.1, 0.15) is 23.2 Å². The van der Waals surface area contributed by atoms with Crippen molar-refractivity contribution in [1.29, 1.82) is 0 Å². The Hall–Kier alpha value is -1.55. The van der Waals surface area contributed by atoms with E-state index in [-0.39, 0.29) is 5.97 Å². The molecule has 0 bridgehead atoms. The number of rotatable bonds is 5. The first-order valence-corrected chi connectivity index (χ1v) is 6.44. The number of carbonyl (C=O) groups excluding carboxylic acids is 1. The molecule has 1 heterocycles. The number of ether oxygens (including phenoxy) is 2. The Bertz CT molecular complexity index is 383. The Balaban J connectivity index is 1.76. The molecule has 1 saturated heterocycles. The van der Waals surface area contributed by atoms with Crippen LogP contribution < -0.4 is 9.64 Å². The second kappa shape index (κ2) is 6.40. The molecule has 2 rings (SSSR count). The standard InChI is InChI=1S/C14H19NO3/c1-17-13-6-4-12(5-7-13)14(16)18-11-10-15-8-2-3-9-15/h4-7H,2-3,8-11H2,1H3/p+1. The van der Waals surface area contributed by atoms with E-state index in [1.54, 1.807) is 31.4 Å². The number of benzene rings is 1. The van der Waals surface area contributed by atoms with Crippen molar-refractivity contribution in [1.82, 2.24) is 0 Å². The highest BCUT2D eigenvalue weighted by Crippen LogP contribution is 2.11. The number of nitrogens with one attached hydrogen (secondary N) is 1. The second-order valence-corrected chi connectivity index (χ2v) is 4.57. The zero-order valence-electron chi connectivity index (χ0n) is 10.8. The number of methoxy groups -OCH3 is 1. The lowest BCUT2D eigenvalue weighted by Gasteiger charge is -2.12. The molecule has 1 N–H and O–H groups in total. The summed E-state index contributed by atoms with van der Waals surface area (Å²) >= 11 is 0. The molecule has 1 fully saturated rings. The van der Waals surface area contributed by atoms with E-state index in [0.29, 0.717) is 12.2 Å². The fourth-order valence-electron chi connectivity index (χ4n) is 2.22. The molecule has 0 amide bonds. The number of quaternary nitrogens is 1. The van der Waals surface area contributed by atoms with Crippen LogP contribution in [0.25, 0.3) is 0 Å². The molecule has 0 aliphatic carbocycles. The van der Waals surface area contributed by atoms with Gasteiger partial charge < -0.3 is 14.4 Å². The average Bonchev–Trinajstić information content (AvgIpc) is 2.92. The Labute approximate surface area is 107 Å². The zero-order valence-corrected chi connectivity index (χ0v) is 10.8. The number of esters is 1. The van der Waals surface area contributed by atoms with Crippen LogP contribution in [0.15, 0.2) is 24.3 Å². The van der Waals surface area contributed by atoms with Gasteiger partial charge in [0.25, 0.3) is 0 Å². The topological polar surface area (TPSA) is 40.0 Å². The number of hydrogen-bond acceptors (Lipinski definition) is 3. The quantitative estimate of drug-likeness (QED) is 0.775. The van der Waals surface area contributed by atoms with Crippen LogP contribution in [0, 0.1) is 0 Å². The van der Waals surface area contributed by atoms with Crippen LogP contribution >= 0.6 is 0 Å².